The highest BCUT2D eigenvalue weighted by Crippen LogP contribution is 2.28. The molecule has 0 fully saturated rings. The van der Waals surface area contributed by atoms with Crippen LogP contribution in [-0.2, 0) is 14.3 Å². The molecule has 1 N–H and O–H groups in total. The first-order chi connectivity index (χ1) is 16.6. The summed E-state index contributed by atoms with van der Waals surface area (Å²) in [6.07, 6.45) is 4.65. The predicted molar refractivity (Wildman–Crippen MR) is 140 cm³/mol. The Kier molecular flexibility index (Phi) is 15.6. The van der Waals surface area contributed by atoms with Crippen molar-refractivity contribution in [3.8, 4) is 11.5 Å². The fourth-order valence-corrected chi connectivity index (χ4v) is 3.58. The zero-order valence-corrected chi connectivity index (χ0v) is 22.7. The summed E-state index contributed by atoms with van der Waals surface area (Å²) in [7, 11) is 0. The SMILES string of the molecule is CC(C)CCCCCOC(=O)CCOc1ccc(Cl)cc1Cl.O=C(O)COc1ccc(Cl)cc1Cl. The first-order valence-corrected chi connectivity index (χ1v) is 12.6. The Morgan fingerprint density at radius 2 is 1.40 bits per heavy atom. The maximum Gasteiger partial charge on any atom is 0.341 e. The Hall–Kier alpha value is -1.86. The number of benzene rings is 2. The van der Waals surface area contributed by atoms with Gasteiger partial charge in [0.15, 0.2) is 6.61 Å². The second kappa shape index (κ2) is 17.6. The number of carbonyl (C=O) groups excluding carboxylic acids is 1. The Morgan fingerprint density at radius 1 is 0.829 bits per heavy atom. The number of unbranched alkanes of at least 4 members (excludes halogenated alkanes) is 2. The molecule has 0 aliphatic carbocycles. The third kappa shape index (κ3) is 15.0. The lowest BCUT2D eigenvalue weighted by molar-refractivity contribution is -0.144. The molecule has 0 unspecified atom stereocenters. The van der Waals surface area contributed by atoms with E-state index in [0.29, 0.717) is 38.2 Å². The van der Waals surface area contributed by atoms with Crippen LogP contribution < -0.4 is 9.47 Å². The van der Waals surface area contributed by atoms with Crippen molar-refractivity contribution in [2.45, 2.75) is 46.0 Å². The fraction of sp³-hybridized carbons (Fsp3) is 0.440. The van der Waals surface area contributed by atoms with E-state index in [4.69, 9.17) is 65.7 Å². The molecule has 0 bridgehead atoms. The van der Waals surface area contributed by atoms with Crippen molar-refractivity contribution in [3.63, 3.8) is 0 Å². The van der Waals surface area contributed by atoms with Gasteiger partial charge in [-0.2, -0.15) is 0 Å². The van der Waals surface area contributed by atoms with Crippen LogP contribution in [0.25, 0.3) is 0 Å². The van der Waals surface area contributed by atoms with Gasteiger partial charge in [-0.3, -0.25) is 4.79 Å². The number of hydrogen-bond acceptors (Lipinski definition) is 5. The number of hydrogen-bond donors (Lipinski definition) is 1. The quantitative estimate of drug-likeness (QED) is 0.195. The zero-order chi connectivity index (χ0) is 26.2. The van der Waals surface area contributed by atoms with Gasteiger partial charge in [0.2, 0.25) is 0 Å². The van der Waals surface area contributed by atoms with Gasteiger partial charge >= 0.3 is 11.9 Å². The Labute approximate surface area is 226 Å². The molecule has 10 heteroatoms. The van der Waals surface area contributed by atoms with E-state index in [1.807, 2.05) is 0 Å². The Morgan fingerprint density at radius 3 is 1.91 bits per heavy atom. The van der Waals surface area contributed by atoms with Gasteiger partial charge in [0.1, 0.15) is 11.5 Å². The van der Waals surface area contributed by atoms with Crippen molar-refractivity contribution >= 4 is 58.3 Å². The van der Waals surface area contributed by atoms with Gasteiger partial charge in [0.25, 0.3) is 0 Å². The summed E-state index contributed by atoms with van der Waals surface area (Å²) in [6.45, 7) is 4.74. The highest BCUT2D eigenvalue weighted by Gasteiger charge is 2.07. The molecule has 0 spiro atoms. The molecule has 194 valence electrons. The van der Waals surface area contributed by atoms with Gasteiger partial charge in [0, 0.05) is 10.0 Å². The molecule has 2 aromatic carbocycles. The van der Waals surface area contributed by atoms with Gasteiger partial charge in [-0.15, -0.1) is 0 Å². The van der Waals surface area contributed by atoms with E-state index in [2.05, 4.69) is 13.8 Å². The van der Waals surface area contributed by atoms with Crippen LogP contribution in [0.2, 0.25) is 20.1 Å². The summed E-state index contributed by atoms with van der Waals surface area (Å²) in [4.78, 5) is 21.7. The molecule has 0 aliphatic heterocycles. The van der Waals surface area contributed by atoms with Crippen molar-refractivity contribution in [3.05, 3.63) is 56.5 Å². The summed E-state index contributed by atoms with van der Waals surface area (Å²) in [5.74, 6) is 0.278. The van der Waals surface area contributed by atoms with Crippen LogP contribution in [0.1, 0.15) is 46.0 Å². The lowest BCUT2D eigenvalue weighted by Gasteiger charge is -2.09. The lowest BCUT2D eigenvalue weighted by atomic mass is 10.1. The molecule has 0 saturated carbocycles. The van der Waals surface area contributed by atoms with Crippen LogP contribution in [0.3, 0.4) is 0 Å². The first kappa shape index (κ1) is 31.2. The van der Waals surface area contributed by atoms with Crippen LogP contribution in [0.15, 0.2) is 36.4 Å². The molecule has 0 atom stereocenters. The number of ether oxygens (including phenoxy) is 3. The number of esters is 1. The van der Waals surface area contributed by atoms with Gasteiger partial charge in [-0.1, -0.05) is 79.5 Å². The Balaban J connectivity index is 0.000000400. The van der Waals surface area contributed by atoms with E-state index in [1.54, 1.807) is 24.3 Å². The van der Waals surface area contributed by atoms with E-state index >= 15 is 0 Å². The average Bonchev–Trinajstić information content (AvgIpc) is 2.77. The maximum atomic E-state index is 11.6. The van der Waals surface area contributed by atoms with Crippen LogP contribution in [-0.4, -0.2) is 36.9 Å². The number of carboxylic acids is 1. The molecule has 0 aromatic heterocycles. The molecule has 0 amide bonds. The topological polar surface area (TPSA) is 82.1 Å². The van der Waals surface area contributed by atoms with E-state index in [9.17, 15) is 9.59 Å². The van der Waals surface area contributed by atoms with E-state index in [0.717, 1.165) is 18.8 Å². The minimum Gasteiger partial charge on any atom is -0.491 e. The van der Waals surface area contributed by atoms with Gasteiger partial charge in [-0.05, 0) is 48.7 Å². The molecule has 2 aromatic rings. The number of rotatable bonds is 13. The standard InChI is InChI=1S/C17H24Cl2O3.C8H6Cl2O3/c1-13(2)6-4-3-5-10-22-17(20)9-11-21-16-8-7-14(18)12-15(16)19;9-5-1-2-7(6(10)3-5)13-4-8(11)12/h7-8,12-13H,3-6,9-11H2,1-2H3;1-3H,4H2,(H,11,12). The second-order valence-corrected chi connectivity index (χ2v) is 9.58. The van der Waals surface area contributed by atoms with E-state index < -0.39 is 12.6 Å². The summed E-state index contributed by atoms with van der Waals surface area (Å²) in [6, 6.07) is 9.56. The molecule has 0 radical (unpaired) electrons. The molecule has 35 heavy (non-hydrogen) atoms. The monoisotopic (exact) mass is 566 g/mol. The minimum atomic E-state index is -1.05. The van der Waals surface area contributed by atoms with Crippen molar-refractivity contribution in [1.29, 1.82) is 0 Å². The third-order valence-corrected chi connectivity index (χ3v) is 5.45. The summed E-state index contributed by atoms with van der Waals surface area (Å²) in [5.41, 5.74) is 0. The van der Waals surface area contributed by atoms with Crippen LogP contribution in [0.5, 0.6) is 11.5 Å². The third-order valence-electron chi connectivity index (χ3n) is 4.39. The molecule has 6 nitrogen and oxygen atoms in total. The minimum absolute atomic E-state index is 0.213. The summed E-state index contributed by atoms with van der Waals surface area (Å²) in [5, 5.41) is 10.1. The smallest absolute Gasteiger partial charge is 0.341 e. The van der Waals surface area contributed by atoms with Crippen LogP contribution in [0.4, 0.5) is 0 Å². The van der Waals surface area contributed by atoms with Crippen LogP contribution >= 0.6 is 46.4 Å². The second-order valence-electron chi connectivity index (χ2n) is 7.89. The average molecular weight is 568 g/mol. The van der Waals surface area contributed by atoms with E-state index in [1.165, 1.54) is 25.0 Å². The highest BCUT2D eigenvalue weighted by atomic mass is 35.5. The van der Waals surface area contributed by atoms with Crippen LogP contribution in [0, 0.1) is 5.92 Å². The van der Waals surface area contributed by atoms with Crippen molar-refractivity contribution < 1.29 is 28.9 Å². The number of carbonyl (C=O) groups is 2. The first-order valence-electron chi connectivity index (χ1n) is 11.1. The molecular weight excluding hydrogens is 538 g/mol. The Bertz CT molecular complexity index is 936. The molecular formula is C25H30Cl4O6. The van der Waals surface area contributed by atoms with Gasteiger partial charge in [0.05, 0.1) is 29.7 Å². The molecule has 0 heterocycles. The lowest BCUT2D eigenvalue weighted by Crippen LogP contribution is -2.11. The maximum absolute atomic E-state index is 11.6. The predicted octanol–water partition coefficient (Wildman–Crippen LogP) is 7.98. The molecule has 2 rings (SSSR count). The summed E-state index contributed by atoms with van der Waals surface area (Å²) < 4.78 is 15.5. The zero-order valence-electron chi connectivity index (χ0n) is 19.7. The number of aliphatic carboxylic acids is 1. The molecule has 0 aliphatic rings. The van der Waals surface area contributed by atoms with Crippen molar-refractivity contribution in [2.24, 2.45) is 5.92 Å². The van der Waals surface area contributed by atoms with Crippen molar-refractivity contribution in [1.82, 2.24) is 0 Å². The number of halogens is 4. The normalized spacial score (nSPS) is 10.4. The fourth-order valence-electron chi connectivity index (χ4n) is 2.66. The number of carboxylic acid groups (broad SMARTS) is 1. The highest BCUT2D eigenvalue weighted by molar-refractivity contribution is 6.36. The van der Waals surface area contributed by atoms with Gasteiger partial charge in [-0.25, -0.2) is 4.79 Å². The van der Waals surface area contributed by atoms with E-state index in [-0.39, 0.29) is 19.0 Å². The molecule has 0 saturated heterocycles. The van der Waals surface area contributed by atoms with Crippen molar-refractivity contribution in [2.75, 3.05) is 19.8 Å². The summed E-state index contributed by atoms with van der Waals surface area (Å²) >= 11 is 23.1. The largest absolute Gasteiger partial charge is 0.491 e. The van der Waals surface area contributed by atoms with Gasteiger partial charge < -0.3 is 19.3 Å².